The van der Waals surface area contributed by atoms with Crippen LogP contribution >= 0.6 is 0 Å². The number of primary amides is 1. The molecule has 8 atom stereocenters. The van der Waals surface area contributed by atoms with E-state index in [0.717, 1.165) is 4.90 Å². The molecule has 1 heterocycles. The zero-order chi connectivity index (χ0) is 53.6. The minimum atomic E-state index is -1.67. The first-order valence-electron chi connectivity index (χ1n) is 23.5. The van der Waals surface area contributed by atoms with Gasteiger partial charge in [-0.05, 0) is 68.6 Å². The summed E-state index contributed by atoms with van der Waals surface area (Å²) in [6, 6.07) is -11.1. The van der Waals surface area contributed by atoms with E-state index in [9.17, 15) is 63.0 Å². The highest BCUT2D eigenvalue weighted by Gasteiger charge is 2.41. The number of aliphatic carboxylic acids is 2. The summed E-state index contributed by atoms with van der Waals surface area (Å²) in [6.07, 6.45) is -0.976. The number of hydrogen-bond donors (Lipinski definition) is 13. The van der Waals surface area contributed by atoms with Crippen molar-refractivity contribution in [1.82, 2.24) is 42.1 Å². The van der Waals surface area contributed by atoms with E-state index in [-0.39, 0.29) is 81.7 Å². The molecule has 1 aliphatic rings. The summed E-state index contributed by atoms with van der Waals surface area (Å²) in [6.45, 7) is 13.3. The number of rotatable bonds is 31. The second-order valence-corrected chi connectivity index (χ2v) is 19.0. The molecule has 26 nitrogen and oxygen atoms in total. The Labute approximate surface area is 408 Å². The van der Waals surface area contributed by atoms with E-state index in [1.54, 1.807) is 55.4 Å². The molecule has 0 saturated carbocycles. The maximum absolute atomic E-state index is 14.1. The first kappa shape index (κ1) is 61.4. The van der Waals surface area contributed by atoms with Crippen molar-refractivity contribution < 1.29 is 63.0 Å². The summed E-state index contributed by atoms with van der Waals surface area (Å²) in [7, 11) is 0. The molecule has 26 heteroatoms. The SMILES string of the molecule is CC(C)C[C@H](NC(=O)[C@H](CC(C)C)NC(=O)[C@H](CC(N)=O)NC(=O)[C@@H](NC(=O)[C@H](CCCN=C(N)N)NC(=O)[C@@H]1CCCN1C(=O)[C@H](CC(=O)O)NC(=O)[C@H](CC(C)C)NC(=O)CN)C(C)C)C(=O)O. The van der Waals surface area contributed by atoms with E-state index in [2.05, 4.69) is 42.2 Å². The lowest BCUT2D eigenvalue weighted by molar-refractivity contribution is -0.146. The topological polar surface area (TPSA) is 432 Å². The van der Waals surface area contributed by atoms with Gasteiger partial charge in [0.2, 0.25) is 53.2 Å². The summed E-state index contributed by atoms with van der Waals surface area (Å²) in [5.74, 6) is -12.0. The van der Waals surface area contributed by atoms with Crippen LogP contribution in [0.15, 0.2) is 4.99 Å². The molecule has 0 aromatic carbocycles. The van der Waals surface area contributed by atoms with E-state index in [1.165, 1.54) is 0 Å². The van der Waals surface area contributed by atoms with Gasteiger partial charge in [0, 0.05) is 13.1 Å². The summed E-state index contributed by atoms with van der Waals surface area (Å²) in [5, 5.41) is 36.8. The molecule has 1 fully saturated rings. The Morgan fingerprint density at radius 2 is 1.09 bits per heavy atom. The molecule has 0 aromatic rings. The molecular weight excluding hydrogens is 919 g/mol. The highest BCUT2D eigenvalue weighted by Crippen LogP contribution is 2.21. The zero-order valence-corrected chi connectivity index (χ0v) is 41.5. The molecule has 0 spiro atoms. The Balaban J connectivity index is 3.46. The fourth-order valence-electron chi connectivity index (χ4n) is 7.55. The van der Waals surface area contributed by atoms with E-state index in [0.29, 0.717) is 0 Å². The van der Waals surface area contributed by atoms with Crippen molar-refractivity contribution in [3.63, 3.8) is 0 Å². The van der Waals surface area contributed by atoms with Crippen LogP contribution in [0.3, 0.4) is 0 Å². The van der Waals surface area contributed by atoms with Gasteiger partial charge in [-0.2, -0.15) is 0 Å². The monoisotopic (exact) mass is 996 g/mol. The third-order valence-electron chi connectivity index (χ3n) is 10.9. The second kappa shape index (κ2) is 30.1. The molecule has 0 unspecified atom stereocenters. The number of nitrogens with zero attached hydrogens (tertiary/aromatic N) is 2. The van der Waals surface area contributed by atoms with Crippen LogP contribution in [0.5, 0.6) is 0 Å². The molecular formula is C44H77N13O13. The van der Waals surface area contributed by atoms with Crippen LogP contribution < -0.4 is 60.2 Å². The van der Waals surface area contributed by atoms with Crippen LogP contribution in [0.4, 0.5) is 0 Å². The number of likely N-dealkylation sites (tertiary alicyclic amines) is 1. The van der Waals surface area contributed by atoms with Crippen LogP contribution in [0, 0.1) is 23.7 Å². The molecule has 1 saturated heterocycles. The number of guanidine groups is 1. The summed E-state index contributed by atoms with van der Waals surface area (Å²) < 4.78 is 0. The van der Waals surface area contributed by atoms with E-state index in [4.69, 9.17) is 22.9 Å². The van der Waals surface area contributed by atoms with E-state index < -0.39 is 139 Å². The van der Waals surface area contributed by atoms with Gasteiger partial charge in [0.1, 0.15) is 48.3 Å². The number of nitrogens with two attached hydrogens (primary N) is 4. The predicted octanol–water partition coefficient (Wildman–Crippen LogP) is -3.39. The van der Waals surface area contributed by atoms with E-state index >= 15 is 0 Å². The Hall–Kier alpha value is -6.60. The molecule has 0 aliphatic carbocycles. The van der Waals surface area contributed by atoms with Crippen molar-refractivity contribution >= 4 is 71.1 Å². The van der Waals surface area contributed by atoms with Crippen molar-refractivity contribution in [2.75, 3.05) is 19.6 Å². The number of carbonyl (C=O) groups is 11. The molecule has 1 aliphatic heterocycles. The Morgan fingerprint density at radius 1 is 0.600 bits per heavy atom. The number of amides is 9. The van der Waals surface area contributed by atoms with E-state index in [1.807, 2.05) is 0 Å². The molecule has 17 N–H and O–H groups in total. The highest BCUT2D eigenvalue weighted by atomic mass is 16.4. The second-order valence-electron chi connectivity index (χ2n) is 19.0. The van der Waals surface area contributed by atoms with Gasteiger partial charge in [-0.15, -0.1) is 0 Å². The van der Waals surface area contributed by atoms with Gasteiger partial charge in [-0.25, -0.2) is 4.79 Å². The van der Waals surface area contributed by atoms with Crippen LogP contribution in [0.1, 0.15) is 113 Å². The van der Waals surface area contributed by atoms with Gasteiger partial charge in [0.25, 0.3) is 0 Å². The minimum absolute atomic E-state index is 0.0125. The van der Waals surface area contributed by atoms with Crippen molar-refractivity contribution in [1.29, 1.82) is 0 Å². The predicted molar refractivity (Wildman–Crippen MR) is 254 cm³/mol. The summed E-state index contributed by atoms with van der Waals surface area (Å²) in [5.41, 5.74) is 21.8. The van der Waals surface area contributed by atoms with Crippen molar-refractivity contribution in [3.05, 3.63) is 0 Å². The third kappa shape index (κ3) is 22.2. The van der Waals surface area contributed by atoms with Gasteiger partial charge in [0.15, 0.2) is 5.96 Å². The van der Waals surface area contributed by atoms with Gasteiger partial charge < -0.3 is 75.3 Å². The lowest BCUT2D eigenvalue weighted by atomic mass is 9.99. The Morgan fingerprint density at radius 3 is 1.57 bits per heavy atom. The molecule has 1 rings (SSSR count). The van der Waals surface area contributed by atoms with Gasteiger partial charge >= 0.3 is 11.9 Å². The molecule has 70 heavy (non-hydrogen) atoms. The average molecular weight is 996 g/mol. The number of carboxylic acids is 2. The van der Waals surface area contributed by atoms with Crippen LogP contribution in [0.25, 0.3) is 0 Å². The normalized spacial score (nSPS) is 16.4. The van der Waals surface area contributed by atoms with Gasteiger partial charge in [-0.1, -0.05) is 55.4 Å². The standard InChI is InChI=1S/C44H77N13O13/c1-21(2)15-26(50-33(59)20-45)37(63)54-29(19-34(60)61)42(68)57-14-10-12-31(57)40(66)51-25(11-9-13-49-44(47)48)36(62)56-35(24(7)8)41(67)53-28(18-32(46)58)39(65)52-27(16-22(3)4)38(64)55-30(43(69)70)17-23(5)6/h21-31,35H,9-20,45H2,1-8H3,(H2,46,58)(H,50,59)(H,51,66)(H,52,65)(H,53,67)(H,54,63)(H,55,64)(H,56,62)(H,60,61)(H,69,70)(H4,47,48,49)/t25-,26-,27-,28-,29-,30-,31-,35-/m0/s1. The van der Waals surface area contributed by atoms with Crippen LogP contribution in [-0.2, 0) is 52.7 Å². The summed E-state index contributed by atoms with van der Waals surface area (Å²) in [4.78, 5) is 150. The summed E-state index contributed by atoms with van der Waals surface area (Å²) >= 11 is 0. The number of aliphatic imine (C=N–C) groups is 1. The minimum Gasteiger partial charge on any atom is -0.481 e. The molecule has 0 aromatic heterocycles. The van der Waals surface area contributed by atoms with Gasteiger partial charge in [-0.3, -0.25) is 52.9 Å². The zero-order valence-electron chi connectivity index (χ0n) is 41.5. The lowest BCUT2D eigenvalue weighted by Crippen LogP contribution is -2.61. The molecule has 0 radical (unpaired) electrons. The molecule has 396 valence electrons. The van der Waals surface area contributed by atoms with Crippen molar-refractivity contribution in [2.45, 2.75) is 162 Å². The van der Waals surface area contributed by atoms with Crippen LogP contribution in [-0.4, -0.2) is 154 Å². The fraction of sp³-hybridized carbons (Fsp3) is 0.727. The lowest BCUT2D eigenvalue weighted by Gasteiger charge is -2.31. The number of carbonyl (C=O) groups excluding carboxylic acids is 9. The maximum Gasteiger partial charge on any atom is 0.326 e. The highest BCUT2D eigenvalue weighted by molar-refractivity contribution is 5.99. The Bertz CT molecular complexity index is 1890. The van der Waals surface area contributed by atoms with Gasteiger partial charge in [0.05, 0.1) is 19.4 Å². The quantitative estimate of drug-likeness (QED) is 0.0183. The maximum atomic E-state index is 14.1. The van der Waals surface area contributed by atoms with Crippen molar-refractivity contribution in [3.8, 4) is 0 Å². The van der Waals surface area contributed by atoms with Crippen LogP contribution in [0.2, 0.25) is 0 Å². The number of carboxylic acid groups (broad SMARTS) is 2. The number of hydrogen-bond acceptors (Lipinski definition) is 13. The largest absolute Gasteiger partial charge is 0.481 e. The molecule has 9 amide bonds. The first-order valence-corrected chi connectivity index (χ1v) is 23.5. The smallest absolute Gasteiger partial charge is 0.326 e. The molecule has 0 bridgehead atoms. The Kier molecular flexibility index (Phi) is 26.4. The third-order valence-corrected chi connectivity index (χ3v) is 10.9. The van der Waals surface area contributed by atoms with Crippen molar-refractivity contribution in [2.24, 2.45) is 51.6 Å². The number of nitrogens with one attached hydrogen (secondary N) is 7. The average Bonchev–Trinajstić information content (AvgIpc) is 3.74. The first-order chi connectivity index (χ1) is 32.6. The fourth-order valence-corrected chi connectivity index (χ4v) is 7.55.